The first kappa shape index (κ1) is 15.3. The Hall–Kier alpha value is -2.09. The molecule has 1 heterocycles. The fourth-order valence-corrected chi connectivity index (χ4v) is 2.48. The van der Waals surface area contributed by atoms with Crippen LogP contribution in [0.2, 0.25) is 0 Å². The second-order valence-electron chi connectivity index (χ2n) is 4.34. The number of halogens is 1. The van der Waals surface area contributed by atoms with E-state index in [2.05, 4.69) is 10.6 Å². The zero-order valence-corrected chi connectivity index (χ0v) is 11.9. The van der Waals surface area contributed by atoms with Crippen LogP contribution in [0.3, 0.4) is 0 Å². The summed E-state index contributed by atoms with van der Waals surface area (Å²) in [6.45, 7) is 0.617. The molecular formula is C13H14FN3O3S. The number of imide groups is 1. The average molecular weight is 311 g/mol. The Bertz CT molecular complexity index is 534. The maximum Gasteiger partial charge on any atom is 0.315 e. The molecule has 4 amide bonds. The minimum Gasteiger partial charge on any atom is -0.336 e. The number of nitrogens with zero attached hydrogens (tertiary/aromatic N) is 1. The summed E-state index contributed by atoms with van der Waals surface area (Å²) < 4.78 is 12.7. The summed E-state index contributed by atoms with van der Waals surface area (Å²) >= 11 is 0.959. The molecule has 0 saturated carbocycles. The van der Waals surface area contributed by atoms with Crippen molar-refractivity contribution in [3.8, 4) is 0 Å². The molecule has 112 valence electrons. The summed E-state index contributed by atoms with van der Waals surface area (Å²) in [7, 11) is 0. The lowest BCUT2D eigenvalue weighted by atomic mass is 10.2. The Morgan fingerprint density at radius 3 is 2.57 bits per heavy atom. The molecule has 0 spiro atoms. The summed E-state index contributed by atoms with van der Waals surface area (Å²) in [6, 6.07) is 5.38. The molecule has 1 aliphatic heterocycles. The first-order valence-electron chi connectivity index (χ1n) is 6.29. The van der Waals surface area contributed by atoms with Gasteiger partial charge in [0.2, 0.25) is 5.91 Å². The number of nitrogens with one attached hydrogen (secondary N) is 2. The van der Waals surface area contributed by atoms with E-state index in [1.54, 1.807) is 12.1 Å². The Kier molecular flexibility index (Phi) is 5.15. The monoisotopic (exact) mass is 311 g/mol. The quantitative estimate of drug-likeness (QED) is 0.859. The van der Waals surface area contributed by atoms with Gasteiger partial charge < -0.3 is 10.6 Å². The molecule has 0 aromatic heterocycles. The molecule has 1 saturated heterocycles. The van der Waals surface area contributed by atoms with Crippen LogP contribution in [-0.2, 0) is 11.3 Å². The van der Waals surface area contributed by atoms with Gasteiger partial charge in [0.25, 0.3) is 5.24 Å². The molecular weight excluding hydrogens is 297 g/mol. The standard InChI is InChI=1S/C13H14FN3O3S/c14-10-3-1-9(2-4-10)7-16-12(19)15-5-6-17-11(18)8-21-13(17)20/h1-4H,5-8H2,(H2,15,16,19). The molecule has 0 unspecified atom stereocenters. The normalized spacial score (nSPS) is 14.4. The van der Waals surface area contributed by atoms with E-state index in [9.17, 15) is 18.8 Å². The van der Waals surface area contributed by atoms with Crippen LogP contribution in [0.5, 0.6) is 0 Å². The lowest BCUT2D eigenvalue weighted by Gasteiger charge is -2.13. The third-order valence-corrected chi connectivity index (χ3v) is 3.69. The maximum atomic E-state index is 12.7. The van der Waals surface area contributed by atoms with Gasteiger partial charge in [-0.05, 0) is 17.7 Å². The summed E-state index contributed by atoms with van der Waals surface area (Å²) in [4.78, 5) is 35.3. The van der Waals surface area contributed by atoms with Gasteiger partial charge in [-0.15, -0.1) is 0 Å². The van der Waals surface area contributed by atoms with E-state index in [-0.39, 0.29) is 42.4 Å². The predicted molar refractivity (Wildman–Crippen MR) is 76.2 cm³/mol. The number of carbonyl (C=O) groups excluding carboxylic acids is 3. The minimum absolute atomic E-state index is 0.161. The first-order chi connectivity index (χ1) is 10.1. The number of benzene rings is 1. The van der Waals surface area contributed by atoms with Gasteiger partial charge in [0.1, 0.15) is 5.82 Å². The summed E-state index contributed by atoms with van der Waals surface area (Å²) in [5.41, 5.74) is 0.771. The molecule has 8 heteroatoms. The van der Waals surface area contributed by atoms with E-state index in [1.807, 2.05) is 0 Å². The molecule has 2 N–H and O–H groups in total. The molecule has 0 atom stereocenters. The molecule has 0 bridgehead atoms. The van der Waals surface area contributed by atoms with Crippen LogP contribution in [0.15, 0.2) is 24.3 Å². The van der Waals surface area contributed by atoms with E-state index >= 15 is 0 Å². The van der Waals surface area contributed by atoms with Crippen LogP contribution in [-0.4, -0.2) is 40.9 Å². The molecule has 2 rings (SSSR count). The SMILES string of the molecule is O=C(NCCN1C(=O)CSC1=O)NCc1ccc(F)cc1. The van der Waals surface area contributed by atoms with Crippen LogP contribution in [0.25, 0.3) is 0 Å². The highest BCUT2D eigenvalue weighted by molar-refractivity contribution is 8.14. The van der Waals surface area contributed by atoms with Crippen molar-refractivity contribution < 1.29 is 18.8 Å². The molecule has 1 fully saturated rings. The van der Waals surface area contributed by atoms with Crippen LogP contribution < -0.4 is 10.6 Å². The Labute approximate surface area is 125 Å². The number of rotatable bonds is 5. The Morgan fingerprint density at radius 1 is 1.24 bits per heavy atom. The minimum atomic E-state index is -0.411. The van der Waals surface area contributed by atoms with Crippen molar-refractivity contribution in [2.24, 2.45) is 0 Å². The van der Waals surface area contributed by atoms with Crippen molar-refractivity contribution >= 4 is 28.9 Å². The van der Waals surface area contributed by atoms with E-state index in [0.29, 0.717) is 0 Å². The van der Waals surface area contributed by atoms with E-state index in [1.165, 1.54) is 12.1 Å². The fourth-order valence-electron chi connectivity index (χ4n) is 1.73. The second-order valence-corrected chi connectivity index (χ2v) is 5.26. The van der Waals surface area contributed by atoms with Crippen molar-refractivity contribution in [3.63, 3.8) is 0 Å². The zero-order chi connectivity index (χ0) is 15.2. The number of hydrogen-bond donors (Lipinski definition) is 2. The highest BCUT2D eigenvalue weighted by Gasteiger charge is 2.29. The van der Waals surface area contributed by atoms with Gasteiger partial charge in [0.15, 0.2) is 0 Å². The van der Waals surface area contributed by atoms with Gasteiger partial charge in [-0.1, -0.05) is 23.9 Å². The van der Waals surface area contributed by atoms with Gasteiger partial charge in [0.05, 0.1) is 5.75 Å². The van der Waals surface area contributed by atoms with Gasteiger partial charge in [-0.2, -0.15) is 0 Å². The van der Waals surface area contributed by atoms with E-state index in [0.717, 1.165) is 22.2 Å². The summed E-state index contributed by atoms with van der Waals surface area (Å²) in [5.74, 6) is -0.408. The third-order valence-electron chi connectivity index (χ3n) is 2.83. The smallest absolute Gasteiger partial charge is 0.315 e. The summed E-state index contributed by atoms with van der Waals surface area (Å²) in [5, 5.41) is 4.87. The van der Waals surface area contributed by atoms with E-state index in [4.69, 9.17) is 0 Å². The van der Waals surface area contributed by atoms with Crippen molar-refractivity contribution in [2.45, 2.75) is 6.54 Å². The van der Waals surface area contributed by atoms with Crippen molar-refractivity contribution in [1.29, 1.82) is 0 Å². The van der Waals surface area contributed by atoms with E-state index < -0.39 is 6.03 Å². The van der Waals surface area contributed by atoms with Crippen molar-refractivity contribution in [1.82, 2.24) is 15.5 Å². The van der Waals surface area contributed by atoms with Gasteiger partial charge in [0, 0.05) is 19.6 Å². The largest absolute Gasteiger partial charge is 0.336 e. The highest BCUT2D eigenvalue weighted by Crippen LogP contribution is 2.17. The van der Waals surface area contributed by atoms with Crippen LogP contribution >= 0.6 is 11.8 Å². The van der Waals surface area contributed by atoms with Crippen LogP contribution in [0, 0.1) is 5.82 Å². The average Bonchev–Trinajstić information content (AvgIpc) is 2.78. The van der Waals surface area contributed by atoms with Crippen LogP contribution in [0.1, 0.15) is 5.56 Å². The van der Waals surface area contributed by atoms with Crippen molar-refractivity contribution in [2.75, 3.05) is 18.8 Å². The number of carbonyl (C=O) groups is 3. The molecule has 1 aromatic rings. The second kappa shape index (κ2) is 7.07. The molecule has 0 aliphatic carbocycles. The number of amides is 4. The zero-order valence-electron chi connectivity index (χ0n) is 11.1. The first-order valence-corrected chi connectivity index (χ1v) is 7.28. The predicted octanol–water partition coefficient (Wildman–Crippen LogP) is 1.32. The molecule has 6 nitrogen and oxygen atoms in total. The Balaban J connectivity index is 1.67. The highest BCUT2D eigenvalue weighted by atomic mass is 32.2. The maximum absolute atomic E-state index is 12.7. The number of thioether (sulfide) groups is 1. The van der Waals surface area contributed by atoms with Gasteiger partial charge >= 0.3 is 6.03 Å². The Morgan fingerprint density at radius 2 is 1.95 bits per heavy atom. The fraction of sp³-hybridized carbons (Fsp3) is 0.308. The molecule has 21 heavy (non-hydrogen) atoms. The van der Waals surface area contributed by atoms with Gasteiger partial charge in [-0.25, -0.2) is 9.18 Å². The lowest BCUT2D eigenvalue weighted by molar-refractivity contribution is -0.124. The third kappa shape index (κ3) is 4.45. The van der Waals surface area contributed by atoms with Crippen LogP contribution in [0.4, 0.5) is 14.0 Å². The summed E-state index contributed by atoms with van der Waals surface area (Å²) in [6.07, 6.45) is 0. The molecule has 1 aliphatic rings. The molecule has 1 aromatic carbocycles. The van der Waals surface area contributed by atoms with Crippen molar-refractivity contribution in [3.05, 3.63) is 35.6 Å². The number of urea groups is 1. The molecule has 0 radical (unpaired) electrons. The van der Waals surface area contributed by atoms with Gasteiger partial charge in [-0.3, -0.25) is 14.5 Å². The topological polar surface area (TPSA) is 78.5 Å². The number of hydrogen-bond acceptors (Lipinski definition) is 4. The lowest BCUT2D eigenvalue weighted by Crippen LogP contribution is -2.41.